The molecule has 0 aliphatic heterocycles. The molecule has 1 N–H and O–H groups in total. The predicted molar refractivity (Wildman–Crippen MR) is 45.4 cm³/mol. The quantitative estimate of drug-likeness (QED) is 0.615. The van der Waals surface area contributed by atoms with Crippen molar-refractivity contribution in [1.29, 1.82) is 0 Å². The monoisotopic (exact) mass is 156 g/mol. The molecule has 2 heteroatoms. The second-order valence-electron chi connectivity index (χ2n) is 2.65. The Bertz CT molecular complexity index is 148. The maximum atomic E-state index is 10.9. The molecule has 0 spiro atoms. The Morgan fingerprint density at radius 3 is 2.45 bits per heavy atom. The standard InChI is InChI=1S/C9H16O2/c1-3-8(2)4-5-9(11)6-7-10/h3,10H,4-7H2,1-2H3. The van der Waals surface area contributed by atoms with Gasteiger partial charge in [0.25, 0.3) is 0 Å². The number of ketones is 1. The molecule has 0 aliphatic rings. The van der Waals surface area contributed by atoms with E-state index in [1.165, 1.54) is 5.57 Å². The minimum Gasteiger partial charge on any atom is -0.396 e. The van der Waals surface area contributed by atoms with Crippen LogP contribution in [-0.2, 0) is 4.79 Å². The van der Waals surface area contributed by atoms with Gasteiger partial charge in [-0.25, -0.2) is 0 Å². The average molecular weight is 156 g/mol. The summed E-state index contributed by atoms with van der Waals surface area (Å²) >= 11 is 0. The third-order valence-corrected chi connectivity index (χ3v) is 1.68. The Morgan fingerprint density at radius 2 is 2.00 bits per heavy atom. The third kappa shape index (κ3) is 5.80. The lowest BCUT2D eigenvalue weighted by atomic mass is 10.1. The van der Waals surface area contributed by atoms with Gasteiger partial charge >= 0.3 is 0 Å². The van der Waals surface area contributed by atoms with Gasteiger partial charge in [0, 0.05) is 19.4 Å². The number of Topliss-reactive ketones (excluding diaryl/α,β-unsaturated/α-hetero) is 1. The van der Waals surface area contributed by atoms with Gasteiger partial charge in [0.05, 0.1) is 0 Å². The molecule has 0 saturated heterocycles. The summed E-state index contributed by atoms with van der Waals surface area (Å²) in [5.41, 5.74) is 1.23. The fourth-order valence-corrected chi connectivity index (χ4v) is 0.731. The molecule has 64 valence electrons. The van der Waals surface area contributed by atoms with E-state index < -0.39 is 0 Å². The van der Waals surface area contributed by atoms with Crippen LogP contribution in [0.4, 0.5) is 0 Å². The number of aliphatic hydroxyl groups is 1. The van der Waals surface area contributed by atoms with Crippen LogP contribution in [0.2, 0.25) is 0 Å². The van der Waals surface area contributed by atoms with E-state index in [9.17, 15) is 4.79 Å². The van der Waals surface area contributed by atoms with Crippen LogP contribution in [0, 0.1) is 0 Å². The summed E-state index contributed by atoms with van der Waals surface area (Å²) in [7, 11) is 0. The molecule has 0 amide bonds. The first-order valence-electron chi connectivity index (χ1n) is 3.95. The van der Waals surface area contributed by atoms with Crippen molar-refractivity contribution in [1.82, 2.24) is 0 Å². The van der Waals surface area contributed by atoms with Crippen molar-refractivity contribution in [3.63, 3.8) is 0 Å². The van der Waals surface area contributed by atoms with Crippen molar-refractivity contribution in [2.24, 2.45) is 0 Å². The highest BCUT2D eigenvalue weighted by atomic mass is 16.3. The molecule has 0 aromatic heterocycles. The van der Waals surface area contributed by atoms with Gasteiger partial charge in [-0.2, -0.15) is 0 Å². The first-order valence-corrected chi connectivity index (χ1v) is 3.95. The molecule has 11 heavy (non-hydrogen) atoms. The topological polar surface area (TPSA) is 37.3 Å². The minimum atomic E-state index is -0.0201. The number of hydrogen-bond acceptors (Lipinski definition) is 2. The number of rotatable bonds is 5. The van der Waals surface area contributed by atoms with E-state index in [1.54, 1.807) is 0 Å². The van der Waals surface area contributed by atoms with Crippen LogP contribution in [0.25, 0.3) is 0 Å². The van der Waals surface area contributed by atoms with Gasteiger partial charge < -0.3 is 5.11 Å². The van der Waals surface area contributed by atoms with Crippen LogP contribution in [0.3, 0.4) is 0 Å². The van der Waals surface area contributed by atoms with Gasteiger partial charge in [0.2, 0.25) is 0 Å². The summed E-state index contributed by atoms with van der Waals surface area (Å²) in [6, 6.07) is 0. The van der Waals surface area contributed by atoms with E-state index >= 15 is 0 Å². The van der Waals surface area contributed by atoms with Crippen LogP contribution in [-0.4, -0.2) is 17.5 Å². The van der Waals surface area contributed by atoms with Crippen LogP contribution >= 0.6 is 0 Å². The van der Waals surface area contributed by atoms with Gasteiger partial charge in [-0.15, -0.1) is 0 Å². The third-order valence-electron chi connectivity index (χ3n) is 1.68. The largest absolute Gasteiger partial charge is 0.396 e. The summed E-state index contributed by atoms with van der Waals surface area (Å²) in [4.78, 5) is 10.9. The van der Waals surface area contributed by atoms with Crippen molar-refractivity contribution in [3.8, 4) is 0 Å². The van der Waals surface area contributed by atoms with Crippen molar-refractivity contribution in [2.45, 2.75) is 33.1 Å². The van der Waals surface area contributed by atoms with E-state index in [0.717, 1.165) is 6.42 Å². The summed E-state index contributed by atoms with van der Waals surface area (Å²) in [6.07, 6.45) is 3.70. The molecule has 0 fully saturated rings. The average Bonchev–Trinajstić information content (AvgIpc) is 2.01. The molecular weight excluding hydrogens is 140 g/mol. The van der Waals surface area contributed by atoms with Gasteiger partial charge in [0.1, 0.15) is 5.78 Å². The molecule has 0 radical (unpaired) electrons. The summed E-state index contributed by atoms with van der Waals surface area (Å²) in [5, 5.41) is 8.42. The first kappa shape index (κ1) is 10.4. The van der Waals surface area contributed by atoms with Crippen LogP contribution in [0.1, 0.15) is 33.1 Å². The first-order chi connectivity index (χ1) is 5.20. The maximum absolute atomic E-state index is 10.9. The molecule has 0 bridgehead atoms. The van der Waals surface area contributed by atoms with Crippen molar-refractivity contribution in [2.75, 3.05) is 6.61 Å². The molecule has 0 atom stereocenters. The zero-order valence-corrected chi connectivity index (χ0v) is 7.26. The zero-order valence-electron chi connectivity index (χ0n) is 7.26. The van der Waals surface area contributed by atoms with Crippen molar-refractivity contribution >= 4 is 5.78 Å². The fraction of sp³-hybridized carbons (Fsp3) is 0.667. The lowest BCUT2D eigenvalue weighted by molar-refractivity contribution is -0.119. The zero-order chi connectivity index (χ0) is 8.69. The molecule has 0 rings (SSSR count). The maximum Gasteiger partial charge on any atom is 0.135 e. The number of hydrogen-bond donors (Lipinski definition) is 1. The van der Waals surface area contributed by atoms with Gasteiger partial charge in [-0.05, 0) is 20.3 Å². The van der Waals surface area contributed by atoms with E-state index in [1.807, 2.05) is 19.9 Å². The van der Waals surface area contributed by atoms with E-state index in [0.29, 0.717) is 12.8 Å². The van der Waals surface area contributed by atoms with Gasteiger partial charge in [-0.3, -0.25) is 4.79 Å². The Morgan fingerprint density at radius 1 is 1.36 bits per heavy atom. The van der Waals surface area contributed by atoms with Gasteiger partial charge in [0.15, 0.2) is 0 Å². The molecule has 0 saturated carbocycles. The minimum absolute atomic E-state index is 0.0201. The number of carbonyl (C=O) groups excluding carboxylic acids is 1. The Balaban J connectivity index is 3.46. The summed E-state index contributed by atoms with van der Waals surface area (Å²) < 4.78 is 0. The molecule has 0 unspecified atom stereocenters. The van der Waals surface area contributed by atoms with Crippen molar-refractivity contribution in [3.05, 3.63) is 11.6 Å². The number of allylic oxidation sites excluding steroid dienone is 2. The fourth-order valence-electron chi connectivity index (χ4n) is 0.731. The summed E-state index contributed by atoms with van der Waals surface area (Å²) in [5.74, 6) is 0.147. The van der Waals surface area contributed by atoms with Crippen LogP contribution in [0.15, 0.2) is 11.6 Å². The Hall–Kier alpha value is -0.630. The van der Waals surface area contributed by atoms with Crippen molar-refractivity contribution < 1.29 is 9.90 Å². The number of carbonyl (C=O) groups is 1. The Kier molecular flexibility index (Phi) is 5.75. The number of aliphatic hydroxyl groups excluding tert-OH is 1. The second kappa shape index (κ2) is 6.10. The highest BCUT2D eigenvalue weighted by molar-refractivity contribution is 5.78. The molecule has 0 aromatic rings. The second-order valence-corrected chi connectivity index (χ2v) is 2.65. The molecule has 0 aliphatic carbocycles. The molecule has 2 nitrogen and oxygen atoms in total. The highest BCUT2D eigenvalue weighted by Crippen LogP contribution is 2.04. The summed E-state index contributed by atoms with van der Waals surface area (Å²) in [6.45, 7) is 3.95. The van der Waals surface area contributed by atoms with Crippen LogP contribution in [0.5, 0.6) is 0 Å². The predicted octanol–water partition coefficient (Wildman–Crippen LogP) is 1.68. The van der Waals surface area contributed by atoms with E-state index in [2.05, 4.69) is 0 Å². The highest BCUT2D eigenvalue weighted by Gasteiger charge is 1.99. The van der Waals surface area contributed by atoms with Crippen LogP contribution < -0.4 is 0 Å². The lowest BCUT2D eigenvalue weighted by Crippen LogP contribution is -2.00. The Labute approximate surface area is 67.9 Å². The van der Waals surface area contributed by atoms with Gasteiger partial charge in [-0.1, -0.05) is 11.6 Å². The van der Waals surface area contributed by atoms with E-state index in [4.69, 9.17) is 5.11 Å². The molecule has 0 aromatic carbocycles. The molecule has 0 heterocycles. The normalized spacial score (nSPS) is 11.7. The lowest BCUT2D eigenvalue weighted by Gasteiger charge is -1.98. The SMILES string of the molecule is CC=C(C)CCC(=O)CCO. The smallest absolute Gasteiger partial charge is 0.135 e. The van der Waals surface area contributed by atoms with E-state index in [-0.39, 0.29) is 12.4 Å². The molecular formula is C9H16O2.